The van der Waals surface area contributed by atoms with Gasteiger partial charge in [-0.05, 0) is 37.0 Å². The molecule has 0 unspecified atom stereocenters. The van der Waals surface area contributed by atoms with Crippen molar-refractivity contribution in [1.82, 2.24) is 20.8 Å². The standard InChI is InChI=1S/C17H22N4O2S/c22-16(11-12-3-1-2-4-12)18-9-10-19-17(23)15-6-5-14(24-15)13-7-8-20-21-13/h5-8,12H,1-4,9-11H2,(H,18,22)(H,19,23)(H,20,21). The van der Waals surface area contributed by atoms with Crippen LogP contribution in [0.5, 0.6) is 0 Å². The summed E-state index contributed by atoms with van der Waals surface area (Å²) in [5, 5.41) is 12.5. The topological polar surface area (TPSA) is 86.9 Å². The minimum atomic E-state index is -0.115. The van der Waals surface area contributed by atoms with E-state index in [4.69, 9.17) is 0 Å². The Hall–Kier alpha value is -2.15. The van der Waals surface area contributed by atoms with Crippen LogP contribution in [0.2, 0.25) is 0 Å². The summed E-state index contributed by atoms with van der Waals surface area (Å²) < 4.78 is 0. The summed E-state index contributed by atoms with van der Waals surface area (Å²) in [7, 11) is 0. The van der Waals surface area contributed by atoms with Crippen molar-refractivity contribution in [1.29, 1.82) is 0 Å². The lowest BCUT2D eigenvalue weighted by Gasteiger charge is -2.09. The number of nitrogens with zero attached hydrogens (tertiary/aromatic N) is 1. The third kappa shape index (κ3) is 4.44. The first-order chi connectivity index (χ1) is 11.7. The Morgan fingerprint density at radius 1 is 1.17 bits per heavy atom. The smallest absolute Gasteiger partial charge is 0.261 e. The average Bonchev–Trinajstić information content (AvgIpc) is 3.32. The van der Waals surface area contributed by atoms with Crippen LogP contribution in [0.1, 0.15) is 41.8 Å². The molecule has 2 aromatic heterocycles. The van der Waals surface area contributed by atoms with E-state index in [1.54, 1.807) is 12.3 Å². The quantitative estimate of drug-likeness (QED) is 0.673. The first-order valence-electron chi connectivity index (χ1n) is 8.37. The molecule has 6 nitrogen and oxygen atoms in total. The Morgan fingerprint density at radius 3 is 2.71 bits per heavy atom. The minimum absolute atomic E-state index is 0.0915. The Balaban J connectivity index is 1.37. The fraction of sp³-hybridized carbons (Fsp3) is 0.471. The third-order valence-corrected chi connectivity index (χ3v) is 5.39. The van der Waals surface area contributed by atoms with E-state index in [2.05, 4.69) is 20.8 Å². The molecule has 1 saturated carbocycles. The zero-order valence-electron chi connectivity index (χ0n) is 13.5. The molecule has 0 aliphatic heterocycles. The van der Waals surface area contributed by atoms with Gasteiger partial charge in [0.25, 0.3) is 5.91 Å². The lowest BCUT2D eigenvalue weighted by molar-refractivity contribution is -0.121. The number of carbonyl (C=O) groups excluding carboxylic acids is 2. The molecule has 3 rings (SSSR count). The molecule has 1 aliphatic carbocycles. The SMILES string of the molecule is O=C(CC1CCCC1)NCCNC(=O)c1ccc(-c2ccn[nH]2)s1. The maximum atomic E-state index is 12.1. The monoisotopic (exact) mass is 346 g/mol. The van der Waals surface area contributed by atoms with Crippen molar-refractivity contribution in [2.45, 2.75) is 32.1 Å². The number of H-pyrrole nitrogens is 1. The van der Waals surface area contributed by atoms with Crippen LogP contribution in [0.3, 0.4) is 0 Å². The fourth-order valence-electron chi connectivity index (χ4n) is 3.01. The number of thiophene rings is 1. The van der Waals surface area contributed by atoms with Gasteiger partial charge in [0.1, 0.15) is 0 Å². The van der Waals surface area contributed by atoms with E-state index >= 15 is 0 Å². The highest BCUT2D eigenvalue weighted by Crippen LogP contribution is 2.27. The van der Waals surface area contributed by atoms with Crippen LogP contribution in [-0.4, -0.2) is 35.1 Å². The highest BCUT2D eigenvalue weighted by molar-refractivity contribution is 7.17. The van der Waals surface area contributed by atoms with Gasteiger partial charge in [0.2, 0.25) is 5.91 Å². The Kier molecular flexibility index (Phi) is 5.63. The van der Waals surface area contributed by atoms with Crippen LogP contribution in [0.25, 0.3) is 10.6 Å². The van der Waals surface area contributed by atoms with Crippen molar-refractivity contribution in [3.63, 3.8) is 0 Å². The van der Waals surface area contributed by atoms with Gasteiger partial charge in [0, 0.05) is 25.7 Å². The number of hydrogen-bond acceptors (Lipinski definition) is 4. The number of hydrogen-bond donors (Lipinski definition) is 3. The molecule has 1 aliphatic rings. The molecule has 0 saturated heterocycles. The van der Waals surface area contributed by atoms with E-state index in [-0.39, 0.29) is 11.8 Å². The van der Waals surface area contributed by atoms with Crippen molar-refractivity contribution in [3.8, 4) is 10.6 Å². The van der Waals surface area contributed by atoms with E-state index in [0.29, 0.717) is 30.3 Å². The van der Waals surface area contributed by atoms with Crippen molar-refractivity contribution in [2.75, 3.05) is 13.1 Å². The van der Waals surface area contributed by atoms with Gasteiger partial charge in [0.05, 0.1) is 15.4 Å². The van der Waals surface area contributed by atoms with Crippen molar-refractivity contribution >= 4 is 23.2 Å². The molecule has 2 amide bonds. The third-order valence-electron chi connectivity index (χ3n) is 4.28. The van der Waals surface area contributed by atoms with E-state index in [0.717, 1.165) is 10.6 Å². The van der Waals surface area contributed by atoms with Gasteiger partial charge < -0.3 is 10.6 Å². The van der Waals surface area contributed by atoms with Crippen LogP contribution < -0.4 is 10.6 Å². The highest BCUT2D eigenvalue weighted by atomic mass is 32.1. The van der Waals surface area contributed by atoms with Crippen LogP contribution in [0.15, 0.2) is 24.4 Å². The predicted octanol–water partition coefficient (Wildman–Crippen LogP) is 2.56. The lowest BCUT2D eigenvalue weighted by Crippen LogP contribution is -2.34. The second-order valence-corrected chi connectivity index (χ2v) is 7.18. The predicted molar refractivity (Wildman–Crippen MR) is 93.8 cm³/mol. The first-order valence-corrected chi connectivity index (χ1v) is 9.18. The molecule has 2 heterocycles. The van der Waals surface area contributed by atoms with E-state index in [1.165, 1.54) is 37.0 Å². The average molecular weight is 346 g/mol. The van der Waals surface area contributed by atoms with Gasteiger partial charge in [-0.25, -0.2) is 0 Å². The minimum Gasteiger partial charge on any atom is -0.354 e. The Bertz CT molecular complexity index is 675. The number of rotatable bonds is 7. The molecule has 3 N–H and O–H groups in total. The van der Waals surface area contributed by atoms with Crippen LogP contribution in [0, 0.1) is 5.92 Å². The maximum absolute atomic E-state index is 12.1. The Morgan fingerprint density at radius 2 is 1.96 bits per heavy atom. The van der Waals surface area contributed by atoms with E-state index in [9.17, 15) is 9.59 Å². The molecular weight excluding hydrogens is 324 g/mol. The van der Waals surface area contributed by atoms with E-state index < -0.39 is 0 Å². The lowest BCUT2D eigenvalue weighted by atomic mass is 10.0. The van der Waals surface area contributed by atoms with Crippen LogP contribution in [-0.2, 0) is 4.79 Å². The second-order valence-electron chi connectivity index (χ2n) is 6.09. The van der Waals surface area contributed by atoms with Crippen molar-refractivity contribution in [3.05, 3.63) is 29.3 Å². The number of carbonyl (C=O) groups is 2. The fourth-order valence-corrected chi connectivity index (χ4v) is 3.91. The number of amides is 2. The molecule has 0 bridgehead atoms. The molecule has 1 fully saturated rings. The second kappa shape index (κ2) is 8.10. The molecule has 24 heavy (non-hydrogen) atoms. The number of aromatic amines is 1. The van der Waals surface area contributed by atoms with Crippen molar-refractivity contribution in [2.24, 2.45) is 5.92 Å². The zero-order valence-corrected chi connectivity index (χ0v) is 14.3. The molecule has 0 aromatic carbocycles. The molecule has 2 aromatic rings. The van der Waals surface area contributed by atoms with Crippen molar-refractivity contribution < 1.29 is 9.59 Å². The zero-order chi connectivity index (χ0) is 16.8. The molecule has 0 radical (unpaired) electrons. The number of nitrogens with one attached hydrogen (secondary N) is 3. The molecule has 7 heteroatoms. The number of aromatic nitrogens is 2. The summed E-state index contributed by atoms with van der Waals surface area (Å²) in [5.41, 5.74) is 0.901. The summed E-state index contributed by atoms with van der Waals surface area (Å²) in [6, 6.07) is 5.57. The highest BCUT2D eigenvalue weighted by Gasteiger charge is 2.18. The van der Waals surface area contributed by atoms with Crippen LogP contribution in [0.4, 0.5) is 0 Å². The van der Waals surface area contributed by atoms with Crippen LogP contribution >= 0.6 is 11.3 Å². The van der Waals surface area contributed by atoms with E-state index in [1.807, 2.05) is 12.1 Å². The molecule has 128 valence electrons. The normalized spacial score (nSPS) is 14.7. The van der Waals surface area contributed by atoms with Gasteiger partial charge in [-0.3, -0.25) is 14.7 Å². The summed E-state index contributed by atoms with van der Waals surface area (Å²) in [5.74, 6) is 0.524. The molecule has 0 atom stereocenters. The summed E-state index contributed by atoms with van der Waals surface area (Å²) >= 11 is 1.41. The van der Waals surface area contributed by atoms with Gasteiger partial charge >= 0.3 is 0 Å². The van der Waals surface area contributed by atoms with Gasteiger partial charge in [-0.2, -0.15) is 5.10 Å². The first kappa shape index (κ1) is 16.7. The Labute approximate surface area is 145 Å². The van der Waals surface area contributed by atoms with Gasteiger partial charge in [-0.15, -0.1) is 11.3 Å². The summed E-state index contributed by atoms with van der Waals surface area (Å²) in [6.07, 6.45) is 7.13. The molecule has 0 spiro atoms. The van der Waals surface area contributed by atoms with Gasteiger partial charge in [-0.1, -0.05) is 12.8 Å². The molecular formula is C17H22N4O2S. The summed E-state index contributed by atoms with van der Waals surface area (Å²) in [4.78, 5) is 25.6. The maximum Gasteiger partial charge on any atom is 0.261 e. The summed E-state index contributed by atoms with van der Waals surface area (Å²) in [6.45, 7) is 0.905. The van der Waals surface area contributed by atoms with Gasteiger partial charge in [0.15, 0.2) is 0 Å². The largest absolute Gasteiger partial charge is 0.354 e.